The molecule has 1 heterocycles. The van der Waals surface area contributed by atoms with Crippen LogP contribution >= 0.6 is 15.9 Å². The normalized spacial score (nSPS) is 24.9. The fourth-order valence-corrected chi connectivity index (χ4v) is 3.82. The summed E-state index contributed by atoms with van der Waals surface area (Å²) in [5.74, 6) is 0.629. The van der Waals surface area contributed by atoms with Crippen molar-refractivity contribution in [2.24, 2.45) is 0 Å². The van der Waals surface area contributed by atoms with Crippen LogP contribution in [0.4, 0.5) is 0 Å². The second kappa shape index (κ2) is 5.40. The van der Waals surface area contributed by atoms with Crippen molar-refractivity contribution in [3.63, 3.8) is 0 Å². The fourth-order valence-electron chi connectivity index (χ4n) is 2.93. The molecule has 2 heteroatoms. The Bertz CT molecular complexity index is 537. The minimum absolute atomic E-state index is 0.614. The molecule has 2 aromatic rings. The maximum atomic E-state index is 4.60. The molecule has 0 bridgehead atoms. The molecule has 0 radical (unpaired) electrons. The van der Waals surface area contributed by atoms with Gasteiger partial charge in [0.2, 0.25) is 0 Å². The van der Waals surface area contributed by atoms with Gasteiger partial charge in [0.15, 0.2) is 0 Å². The first-order chi connectivity index (χ1) is 8.84. The van der Waals surface area contributed by atoms with Crippen molar-refractivity contribution in [3.05, 3.63) is 42.1 Å². The molecule has 1 nitrogen and oxygen atoms in total. The summed E-state index contributed by atoms with van der Waals surface area (Å²) in [5.41, 5.74) is 2.50. The zero-order valence-electron chi connectivity index (χ0n) is 10.5. The molecule has 1 saturated carbocycles. The Morgan fingerprint density at radius 3 is 2.83 bits per heavy atom. The summed E-state index contributed by atoms with van der Waals surface area (Å²) in [6.45, 7) is 0. The summed E-state index contributed by atoms with van der Waals surface area (Å²) in [6, 6.07) is 10.7. The number of nitrogens with zero attached hydrogens (tertiary/aromatic N) is 1. The molecule has 18 heavy (non-hydrogen) atoms. The molecule has 0 N–H and O–H groups in total. The minimum Gasteiger partial charge on any atom is -0.256 e. The first-order valence-electron chi connectivity index (χ1n) is 6.83. The van der Waals surface area contributed by atoms with Crippen LogP contribution in [-0.2, 0) is 0 Å². The Balaban J connectivity index is 1.97. The molecule has 1 fully saturated rings. The van der Waals surface area contributed by atoms with E-state index in [2.05, 4.69) is 51.4 Å². The topological polar surface area (TPSA) is 12.9 Å². The lowest BCUT2D eigenvalue weighted by Gasteiger charge is -2.20. The van der Waals surface area contributed by atoms with Gasteiger partial charge in [-0.1, -0.05) is 53.4 Å². The Morgan fingerprint density at radius 2 is 1.89 bits per heavy atom. The second-order valence-electron chi connectivity index (χ2n) is 5.22. The average molecular weight is 304 g/mol. The lowest BCUT2D eigenvalue weighted by atomic mass is 9.92. The van der Waals surface area contributed by atoms with Crippen molar-refractivity contribution in [2.75, 3.05) is 0 Å². The van der Waals surface area contributed by atoms with Crippen molar-refractivity contribution in [1.29, 1.82) is 0 Å². The maximum Gasteiger partial charge on any atom is 0.0702 e. The number of para-hydroxylation sites is 1. The zero-order chi connectivity index (χ0) is 12.4. The van der Waals surface area contributed by atoms with E-state index in [0.29, 0.717) is 10.7 Å². The van der Waals surface area contributed by atoms with Gasteiger partial charge in [-0.05, 0) is 36.5 Å². The minimum atomic E-state index is 0.614. The Hall–Kier alpha value is -0.890. The number of pyridine rings is 1. The Morgan fingerprint density at radius 1 is 1.06 bits per heavy atom. The molecule has 1 aliphatic carbocycles. The summed E-state index contributed by atoms with van der Waals surface area (Å²) < 4.78 is 0. The molecule has 1 aliphatic rings. The highest BCUT2D eigenvalue weighted by atomic mass is 79.9. The van der Waals surface area contributed by atoms with Crippen LogP contribution < -0.4 is 0 Å². The van der Waals surface area contributed by atoms with Gasteiger partial charge in [0.1, 0.15) is 0 Å². The van der Waals surface area contributed by atoms with E-state index in [4.69, 9.17) is 0 Å². The SMILES string of the molecule is BrC1CCCCCC1c1cnc2ccccc2c1. The predicted molar refractivity (Wildman–Crippen MR) is 80.3 cm³/mol. The Kier molecular flexibility index (Phi) is 3.64. The quantitative estimate of drug-likeness (QED) is 0.531. The van der Waals surface area contributed by atoms with Crippen molar-refractivity contribution >= 4 is 26.8 Å². The van der Waals surface area contributed by atoms with Crippen LogP contribution in [0.3, 0.4) is 0 Å². The number of fused-ring (bicyclic) bond motifs is 1. The predicted octanol–water partition coefficient (Wildman–Crippen LogP) is 5.05. The number of hydrogen-bond acceptors (Lipinski definition) is 1. The highest BCUT2D eigenvalue weighted by Crippen LogP contribution is 2.36. The van der Waals surface area contributed by atoms with E-state index in [-0.39, 0.29) is 0 Å². The van der Waals surface area contributed by atoms with E-state index < -0.39 is 0 Å². The first-order valence-corrected chi connectivity index (χ1v) is 7.75. The van der Waals surface area contributed by atoms with E-state index in [1.54, 1.807) is 0 Å². The van der Waals surface area contributed by atoms with Crippen molar-refractivity contribution in [2.45, 2.75) is 42.8 Å². The number of alkyl halides is 1. The fraction of sp³-hybridized carbons (Fsp3) is 0.438. The molecule has 0 spiro atoms. The molecule has 2 atom stereocenters. The zero-order valence-corrected chi connectivity index (χ0v) is 12.1. The van der Waals surface area contributed by atoms with Gasteiger partial charge in [0.05, 0.1) is 5.52 Å². The number of rotatable bonds is 1. The molecule has 0 amide bonds. The molecule has 94 valence electrons. The van der Waals surface area contributed by atoms with Crippen LogP contribution in [0.2, 0.25) is 0 Å². The number of hydrogen-bond donors (Lipinski definition) is 0. The second-order valence-corrected chi connectivity index (χ2v) is 6.40. The van der Waals surface area contributed by atoms with Crippen molar-refractivity contribution < 1.29 is 0 Å². The molecule has 1 aromatic heterocycles. The van der Waals surface area contributed by atoms with Gasteiger partial charge in [0, 0.05) is 16.4 Å². The van der Waals surface area contributed by atoms with Gasteiger partial charge >= 0.3 is 0 Å². The summed E-state index contributed by atoms with van der Waals surface area (Å²) in [4.78, 5) is 5.21. The van der Waals surface area contributed by atoms with Gasteiger partial charge in [0.25, 0.3) is 0 Å². The lowest BCUT2D eigenvalue weighted by molar-refractivity contribution is 0.611. The van der Waals surface area contributed by atoms with Gasteiger partial charge in [-0.3, -0.25) is 4.98 Å². The highest BCUT2D eigenvalue weighted by molar-refractivity contribution is 9.09. The van der Waals surface area contributed by atoms with Crippen LogP contribution in [0.25, 0.3) is 10.9 Å². The van der Waals surface area contributed by atoms with Gasteiger partial charge in [-0.15, -0.1) is 0 Å². The molecule has 1 aromatic carbocycles. The lowest BCUT2D eigenvalue weighted by Crippen LogP contribution is -2.10. The molecule has 3 rings (SSSR count). The molecule has 2 unspecified atom stereocenters. The molecular formula is C16H18BrN. The molecule has 0 saturated heterocycles. The third-order valence-electron chi connectivity index (χ3n) is 3.97. The standard InChI is InChI=1S/C16H18BrN/c17-15-8-3-1-2-7-14(15)13-10-12-6-4-5-9-16(12)18-11-13/h4-6,9-11,14-15H,1-3,7-8H2. The summed E-state index contributed by atoms with van der Waals surface area (Å²) in [6.07, 6.45) is 8.73. The van der Waals surface area contributed by atoms with Crippen LogP contribution in [0, 0.1) is 0 Å². The largest absolute Gasteiger partial charge is 0.256 e. The highest BCUT2D eigenvalue weighted by Gasteiger charge is 2.23. The third-order valence-corrected chi connectivity index (χ3v) is 5.07. The number of halogens is 1. The summed E-state index contributed by atoms with van der Waals surface area (Å²) in [5, 5.41) is 1.26. The van der Waals surface area contributed by atoms with E-state index in [1.807, 2.05) is 6.07 Å². The molecular weight excluding hydrogens is 286 g/mol. The average Bonchev–Trinajstić information content (AvgIpc) is 2.63. The maximum absolute atomic E-state index is 4.60. The van der Waals surface area contributed by atoms with E-state index in [0.717, 1.165) is 5.52 Å². The van der Waals surface area contributed by atoms with Crippen molar-refractivity contribution in [3.8, 4) is 0 Å². The third kappa shape index (κ3) is 2.44. The summed E-state index contributed by atoms with van der Waals surface area (Å²) >= 11 is 3.88. The van der Waals surface area contributed by atoms with Crippen LogP contribution in [0.1, 0.15) is 43.6 Å². The van der Waals surface area contributed by atoms with Gasteiger partial charge in [-0.25, -0.2) is 0 Å². The van der Waals surface area contributed by atoms with Crippen LogP contribution in [-0.4, -0.2) is 9.81 Å². The van der Waals surface area contributed by atoms with Crippen molar-refractivity contribution in [1.82, 2.24) is 4.98 Å². The number of aromatic nitrogens is 1. The molecule has 0 aliphatic heterocycles. The smallest absolute Gasteiger partial charge is 0.0702 e. The first kappa shape index (κ1) is 12.2. The number of benzene rings is 1. The van der Waals surface area contributed by atoms with E-state index in [1.165, 1.54) is 43.1 Å². The van der Waals surface area contributed by atoms with Crippen LogP contribution in [0.5, 0.6) is 0 Å². The summed E-state index contributed by atoms with van der Waals surface area (Å²) in [7, 11) is 0. The van der Waals surface area contributed by atoms with E-state index in [9.17, 15) is 0 Å². The van der Waals surface area contributed by atoms with E-state index >= 15 is 0 Å². The van der Waals surface area contributed by atoms with Gasteiger partial charge in [-0.2, -0.15) is 0 Å². The Labute approximate surface area is 117 Å². The van der Waals surface area contributed by atoms with Gasteiger partial charge < -0.3 is 0 Å². The van der Waals surface area contributed by atoms with Crippen LogP contribution in [0.15, 0.2) is 36.5 Å². The monoisotopic (exact) mass is 303 g/mol.